The second-order valence-corrected chi connectivity index (χ2v) is 5.19. The summed E-state index contributed by atoms with van der Waals surface area (Å²) in [5.74, 6) is -0.849. The van der Waals surface area contributed by atoms with Gasteiger partial charge in [0, 0.05) is 13.3 Å². The maximum atomic E-state index is 12.4. The average molecular weight is 321 g/mol. The minimum absolute atomic E-state index is 0.0252. The lowest BCUT2D eigenvalue weighted by molar-refractivity contribution is -0.155. The zero-order valence-corrected chi connectivity index (χ0v) is 13.5. The highest BCUT2D eigenvalue weighted by molar-refractivity contribution is 5.87. The van der Waals surface area contributed by atoms with Gasteiger partial charge in [-0.15, -0.1) is 0 Å². The molecule has 0 saturated carbocycles. The predicted octanol–water partition coefficient (Wildman–Crippen LogP) is 1.62. The molecule has 0 aliphatic carbocycles. The third-order valence-corrected chi connectivity index (χ3v) is 3.48. The van der Waals surface area contributed by atoms with Gasteiger partial charge in [-0.1, -0.05) is 30.3 Å². The van der Waals surface area contributed by atoms with Crippen molar-refractivity contribution in [2.24, 2.45) is 0 Å². The van der Waals surface area contributed by atoms with Crippen LogP contribution in [0, 0.1) is 0 Å². The first-order valence-corrected chi connectivity index (χ1v) is 7.59. The fourth-order valence-electron chi connectivity index (χ4n) is 2.40. The Hall–Kier alpha value is -2.37. The van der Waals surface area contributed by atoms with E-state index in [0.717, 1.165) is 5.56 Å². The number of rotatable bonds is 10. The van der Waals surface area contributed by atoms with Gasteiger partial charge >= 0.3 is 5.97 Å². The van der Waals surface area contributed by atoms with Crippen LogP contribution < -0.4 is 5.32 Å². The minimum Gasteiger partial charge on any atom is -0.468 e. The Morgan fingerprint density at radius 2 is 1.91 bits per heavy atom. The Kier molecular flexibility index (Phi) is 7.80. The van der Waals surface area contributed by atoms with Crippen molar-refractivity contribution in [3.05, 3.63) is 35.9 Å². The Bertz CT molecular complexity index is 517. The van der Waals surface area contributed by atoms with Crippen LogP contribution in [0.25, 0.3) is 0 Å². The summed E-state index contributed by atoms with van der Waals surface area (Å²) >= 11 is 0. The molecular weight excluding hydrogens is 298 g/mol. The van der Waals surface area contributed by atoms with Gasteiger partial charge in [-0.2, -0.15) is 0 Å². The van der Waals surface area contributed by atoms with Crippen LogP contribution >= 0.6 is 0 Å². The fraction of sp³-hybridized carbons (Fsp3) is 0.471. The highest BCUT2D eigenvalue weighted by Crippen LogP contribution is 2.21. The molecule has 0 fully saturated rings. The van der Waals surface area contributed by atoms with E-state index in [1.165, 1.54) is 6.92 Å². The molecule has 1 amide bonds. The molecule has 0 spiro atoms. The second kappa shape index (κ2) is 9.61. The van der Waals surface area contributed by atoms with E-state index in [1.54, 1.807) is 6.92 Å². The van der Waals surface area contributed by atoms with Gasteiger partial charge in [0.05, 0.1) is 13.2 Å². The van der Waals surface area contributed by atoms with Crippen molar-refractivity contribution in [1.29, 1.82) is 0 Å². The van der Waals surface area contributed by atoms with Gasteiger partial charge in [-0.3, -0.25) is 9.59 Å². The van der Waals surface area contributed by atoms with Crippen LogP contribution in [0.1, 0.15) is 32.3 Å². The van der Waals surface area contributed by atoms with Crippen LogP contribution in [0.15, 0.2) is 30.3 Å². The monoisotopic (exact) mass is 321 g/mol. The molecule has 1 aromatic carbocycles. The van der Waals surface area contributed by atoms with Gasteiger partial charge < -0.3 is 14.8 Å². The summed E-state index contributed by atoms with van der Waals surface area (Å²) in [4.78, 5) is 34.4. The van der Waals surface area contributed by atoms with E-state index in [0.29, 0.717) is 19.3 Å². The van der Waals surface area contributed by atoms with Crippen molar-refractivity contribution >= 4 is 18.3 Å². The molecule has 0 saturated heterocycles. The molecule has 0 radical (unpaired) electrons. The third-order valence-electron chi connectivity index (χ3n) is 3.48. The molecular formula is C17H23NO5. The van der Waals surface area contributed by atoms with Crippen molar-refractivity contribution in [3.63, 3.8) is 0 Å². The maximum absolute atomic E-state index is 12.4. The number of amides is 1. The summed E-state index contributed by atoms with van der Waals surface area (Å²) in [5, 5.41) is 2.70. The Morgan fingerprint density at radius 1 is 1.22 bits per heavy atom. The third kappa shape index (κ3) is 6.10. The normalized spacial score (nSPS) is 12.8. The molecule has 1 aromatic rings. The summed E-state index contributed by atoms with van der Waals surface area (Å²) in [5.41, 5.74) is -0.163. The molecule has 23 heavy (non-hydrogen) atoms. The second-order valence-electron chi connectivity index (χ2n) is 5.19. The molecule has 0 bridgehead atoms. The Labute approximate surface area is 136 Å². The van der Waals surface area contributed by atoms with E-state index in [-0.39, 0.29) is 25.5 Å². The molecule has 0 heterocycles. The minimum atomic E-state index is -1.21. The first-order chi connectivity index (χ1) is 11.0. The first-order valence-electron chi connectivity index (χ1n) is 7.59. The zero-order chi connectivity index (χ0) is 17.1. The molecule has 1 unspecified atom stereocenters. The number of carbonyl (C=O) groups excluding carboxylic acids is 3. The van der Waals surface area contributed by atoms with Crippen molar-refractivity contribution in [3.8, 4) is 0 Å². The van der Waals surface area contributed by atoms with Gasteiger partial charge in [-0.25, -0.2) is 4.79 Å². The first kappa shape index (κ1) is 18.7. The van der Waals surface area contributed by atoms with Gasteiger partial charge in [0.25, 0.3) is 6.47 Å². The number of hydrogen-bond acceptors (Lipinski definition) is 5. The molecule has 1 rings (SSSR count). The summed E-state index contributed by atoms with van der Waals surface area (Å²) in [6.07, 6.45) is 1.11. The lowest BCUT2D eigenvalue weighted by Crippen LogP contribution is -2.55. The van der Waals surface area contributed by atoms with Crippen molar-refractivity contribution in [2.75, 3.05) is 13.2 Å². The number of aryl methyl sites for hydroxylation is 1. The Balaban J connectivity index is 2.94. The van der Waals surface area contributed by atoms with Crippen LogP contribution in [0.5, 0.6) is 0 Å². The van der Waals surface area contributed by atoms with Crippen molar-refractivity contribution in [1.82, 2.24) is 5.32 Å². The van der Waals surface area contributed by atoms with E-state index in [9.17, 15) is 14.4 Å². The molecule has 6 nitrogen and oxygen atoms in total. The smallest absolute Gasteiger partial charge is 0.331 e. The van der Waals surface area contributed by atoms with E-state index in [2.05, 4.69) is 5.32 Å². The maximum Gasteiger partial charge on any atom is 0.331 e. The SMILES string of the molecule is CCOC(=O)C(CCOC=O)(CCc1ccccc1)NC(C)=O. The quantitative estimate of drug-likeness (QED) is 0.402. The average Bonchev–Trinajstić information content (AvgIpc) is 2.53. The van der Waals surface area contributed by atoms with Crippen LogP contribution in [0.3, 0.4) is 0 Å². The lowest BCUT2D eigenvalue weighted by atomic mass is 9.88. The molecule has 0 aliphatic rings. The highest BCUT2D eigenvalue weighted by atomic mass is 16.5. The summed E-state index contributed by atoms with van der Waals surface area (Å²) in [6, 6.07) is 9.63. The lowest BCUT2D eigenvalue weighted by Gasteiger charge is -2.32. The Morgan fingerprint density at radius 3 is 2.48 bits per heavy atom. The number of ether oxygens (including phenoxy) is 2. The fourth-order valence-corrected chi connectivity index (χ4v) is 2.40. The molecule has 0 aromatic heterocycles. The summed E-state index contributed by atoms with van der Waals surface area (Å²) < 4.78 is 9.84. The van der Waals surface area contributed by atoms with Crippen LogP contribution in [0.4, 0.5) is 0 Å². The molecule has 1 atom stereocenters. The standard InChI is InChI=1S/C17H23NO5/c1-3-23-16(21)17(18-14(2)20,11-12-22-13-19)10-9-15-7-5-4-6-8-15/h4-8,13H,3,9-12H2,1-2H3,(H,18,20). The van der Waals surface area contributed by atoms with Gasteiger partial charge in [-0.05, 0) is 25.3 Å². The number of hydrogen-bond donors (Lipinski definition) is 1. The number of esters is 1. The topological polar surface area (TPSA) is 81.7 Å². The highest BCUT2D eigenvalue weighted by Gasteiger charge is 2.40. The summed E-state index contributed by atoms with van der Waals surface area (Å²) in [6.45, 7) is 3.60. The molecule has 0 aliphatic heterocycles. The largest absolute Gasteiger partial charge is 0.468 e. The van der Waals surface area contributed by atoms with E-state index in [4.69, 9.17) is 9.47 Å². The molecule has 6 heteroatoms. The number of carbonyl (C=O) groups is 3. The van der Waals surface area contributed by atoms with Crippen molar-refractivity contribution in [2.45, 2.75) is 38.6 Å². The van der Waals surface area contributed by atoms with E-state index in [1.807, 2.05) is 30.3 Å². The van der Waals surface area contributed by atoms with Crippen molar-refractivity contribution < 1.29 is 23.9 Å². The molecule has 126 valence electrons. The van der Waals surface area contributed by atoms with Crippen LogP contribution in [0.2, 0.25) is 0 Å². The predicted molar refractivity (Wildman–Crippen MR) is 84.6 cm³/mol. The van der Waals surface area contributed by atoms with E-state index >= 15 is 0 Å². The number of nitrogens with one attached hydrogen (secondary N) is 1. The molecule has 1 N–H and O–H groups in total. The number of benzene rings is 1. The van der Waals surface area contributed by atoms with Gasteiger partial charge in [0.2, 0.25) is 5.91 Å². The van der Waals surface area contributed by atoms with Crippen LogP contribution in [-0.4, -0.2) is 37.1 Å². The van der Waals surface area contributed by atoms with Gasteiger partial charge in [0.1, 0.15) is 5.54 Å². The van der Waals surface area contributed by atoms with Gasteiger partial charge in [0.15, 0.2) is 0 Å². The van der Waals surface area contributed by atoms with E-state index < -0.39 is 11.5 Å². The zero-order valence-electron chi connectivity index (χ0n) is 13.5. The summed E-state index contributed by atoms with van der Waals surface area (Å²) in [7, 11) is 0. The van der Waals surface area contributed by atoms with Crippen LogP contribution in [-0.2, 0) is 30.3 Å².